The number of furan rings is 1. The number of hydrogen-bond acceptors (Lipinski definition) is 4. The van der Waals surface area contributed by atoms with Crippen LogP contribution in [0.3, 0.4) is 0 Å². The molecule has 0 amide bonds. The van der Waals surface area contributed by atoms with Crippen molar-refractivity contribution < 1.29 is 13.9 Å². The van der Waals surface area contributed by atoms with Gasteiger partial charge >= 0.3 is 5.97 Å². The van der Waals surface area contributed by atoms with Crippen molar-refractivity contribution in [2.24, 2.45) is 0 Å². The molecule has 2 aromatic rings. The molecule has 1 aliphatic rings. The van der Waals surface area contributed by atoms with E-state index in [1.807, 2.05) is 6.07 Å². The van der Waals surface area contributed by atoms with Gasteiger partial charge in [-0.15, -0.1) is 0 Å². The molecular formula is C16H16ClNO3. The zero-order chi connectivity index (χ0) is 14.8. The number of carbonyl (C=O) groups is 1. The van der Waals surface area contributed by atoms with Gasteiger partial charge in [0.15, 0.2) is 0 Å². The number of rotatable bonds is 3. The number of methoxy groups -OCH3 is 1. The Morgan fingerprint density at radius 1 is 1.43 bits per heavy atom. The summed E-state index contributed by atoms with van der Waals surface area (Å²) in [5, 5.41) is 3.98. The fourth-order valence-electron chi connectivity index (χ4n) is 2.75. The lowest BCUT2D eigenvalue weighted by atomic mass is 9.93. The first kappa shape index (κ1) is 14.0. The maximum atomic E-state index is 11.9. The zero-order valence-corrected chi connectivity index (χ0v) is 12.4. The van der Waals surface area contributed by atoms with Crippen LogP contribution in [0.1, 0.15) is 40.6 Å². The van der Waals surface area contributed by atoms with E-state index >= 15 is 0 Å². The molecule has 0 aliphatic heterocycles. The summed E-state index contributed by atoms with van der Waals surface area (Å²) in [5.74, 6) is 0.637. The molecule has 21 heavy (non-hydrogen) atoms. The Bertz CT molecular complexity index is 665. The molecule has 0 radical (unpaired) electrons. The Morgan fingerprint density at radius 3 is 3.10 bits per heavy atom. The monoisotopic (exact) mass is 305 g/mol. The van der Waals surface area contributed by atoms with Gasteiger partial charge in [-0.3, -0.25) is 0 Å². The predicted octanol–water partition coefficient (Wildman–Crippen LogP) is 4.21. The second-order valence-electron chi connectivity index (χ2n) is 5.07. The lowest BCUT2D eigenvalue weighted by Gasteiger charge is -2.24. The van der Waals surface area contributed by atoms with Gasteiger partial charge < -0.3 is 14.5 Å². The summed E-state index contributed by atoms with van der Waals surface area (Å²) in [6.45, 7) is 0. The third-order valence-electron chi connectivity index (χ3n) is 3.77. The number of esters is 1. The minimum atomic E-state index is -0.377. The van der Waals surface area contributed by atoms with Gasteiger partial charge in [-0.1, -0.05) is 11.6 Å². The van der Waals surface area contributed by atoms with Crippen molar-refractivity contribution >= 4 is 23.3 Å². The Kier molecular flexibility index (Phi) is 3.88. The van der Waals surface area contributed by atoms with Crippen molar-refractivity contribution in [3.8, 4) is 0 Å². The number of ether oxygens (including phenoxy) is 1. The fraction of sp³-hybridized carbons (Fsp3) is 0.312. The van der Waals surface area contributed by atoms with Gasteiger partial charge in [-0.2, -0.15) is 0 Å². The van der Waals surface area contributed by atoms with Crippen LogP contribution in [-0.4, -0.2) is 13.1 Å². The largest absolute Gasteiger partial charge is 0.469 e. The maximum Gasteiger partial charge on any atom is 0.339 e. The molecule has 3 rings (SSSR count). The normalized spacial score (nSPS) is 17.1. The first-order valence-electron chi connectivity index (χ1n) is 6.89. The van der Waals surface area contributed by atoms with Crippen molar-refractivity contribution in [1.82, 2.24) is 0 Å². The highest BCUT2D eigenvalue weighted by Gasteiger charge is 2.24. The molecule has 1 atom stereocenters. The first-order valence-corrected chi connectivity index (χ1v) is 7.27. The number of nitrogens with one attached hydrogen (secondary N) is 1. The van der Waals surface area contributed by atoms with Crippen LogP contribution in [0, 0.1) is 0 Å². The number of carbonyl (C=O) groups excluding carboxylic acids is 1. The Morgan fingerprint density at radius 2 is 2.29 bits per heavy atom. The molecule has 0 spiro atoms. The summed E-state index contributed by atoms with van der Waals surface area (Å²) in [7, 11) is 1.37. The van der Waals surface area contributed by atoms with E-state index < -0.39 is 0 Å². The van der Waals surface area contributed by atoms with Gasteiger partial charge in [0.05, 0.1) is 30.7 Å². The van der Waals surface area contributed by atoms with Gasteiger partial charge in [0.25, 0.3) is 0 Å². The van der Waals surface area contributed by atoms with E-state index in [2.05, 4.69) is 5.32 Å². The van der Waals surface area contributed by atoms with Crippen LogP contribution in [0.15, 0.2) is 34.9 Å². The highest BCUT2D eigenvalue weighted by atomic mass is 35.5. The van der Waals surface area contributed by atoms with Crippen molar-refractivity contribution in [1.29, 1.82) is 0 Å². The molecule has 1 aromatic heterocycles. The summed E-state index contributed by atoms with van der Waals surface area (Å²) in [6, 6.07) is 7.21. The van der Waals surface area contributed by atoms with Crippen LogP contribution in [0.25, 0.3) is 0 Å². The second-order valence-corrected chi connectivity index (χ2v) is 5.51. The van der Waals surface area contributed by atoms with Gasteiger partial charge in [-0.25, -0.2) is 4.79 Å². The molecule has 0 saturated carbocycles. The molecule has 0 fully saturated rings. The van der Waals surface area contributed by atoms with E-state index in [-0.39, 0.29) is 12.0 Å². The molecule has 110 valence electrons. The molecule has 1 aliphatic carbocycles. The van der Waals surface area contributed by atoms with Crippen LogP contribution < -0.4 is 5.32 Å². The topological polar surface area (TPSA) is 51.5 Å². The predicted molar refractivity (Wildman–Crippen MR) is 80.8 cm³/mol. The Balaban J connectivity index is 1.92. The first-order chi connectivity index (χ1) is 10.2. The molecule has 5 heteroatoms. The zero-order valence-electron chi connectivity index (χ0n) is 11.7. The lowest BCUT2D eigenvalue weighted by molar-refractivity contribution is 0.0602. The van der Waals surface area contributed by atoms with Crippen LogP contribution in [0.2, 0.25) is 5.02 Å². The lowest BCUT2D eigenvalue weighted by Crippen LogP contribution is -2.18. The number of aryl methyl sites for hydroxylation is 1. The van der Waals surface area contributed by atoms with Gasteiger partial charge in [0.2, 0.25) is 0 Å². The van der Waals surface area contributed by atoms with E-state index in [1.165, 1.54) is 7.11 Å². The van der Waals surface area contributed by atoms with Gasteiger partial charge in [-0.05, 0) is 37.1 Å². The average Bonchev–Trinajstić information content (AvgIpc) is 2.96. The standard InChI is InChI=1S/C16H16ClNO3/c1-20-16(19)12-6-5-10(17)9-14(12)18-13-3-2-4-15-11(13)7-8-21-15/h5-9,13,18H,2-4H2,1H3. The van der Waals surface area contributed by atoms with Crippen LogP contribution in [-0.2, 0) is 11.2 Å². The summed E-state index contributed by atoms with van der Waals surface area (Å²) < 4.78 is 10.3. The summed E-state index contributed by atoms with van der Waals surface area (Å²) >= 11 is 6.05. The summed E-state index contributed by atoms with van der Waals surface area (Å²) in [6.07, 6.45) is 4.70. The van der Waals surface area contributed by atoms with Crippen LogP contribution >= 0.6 is 11.6 Å². The Hall–Kier alpha value is -1.94. The van der Waals surface area contributed by atoms with E-state index in [0.717, 1.165) is 30.6 Å². The molecule has 4 nitrogen and oxygen atoms in total. The molecule has 1 unspecified atom stereocenters. The summed E-state index contributed by atoms with van der Waals surface area (Å²) in [4.78, 5) is 11.9. The SMILES string of the molecule is COC(=O)c1ccc(Cl)cc1NC1CCCc2occc21. The number of hydrogen-bond donors (Lipinski definition) is 1. The van der Waals surface area contributed by atoms with E-state index in [0.29, 0.717) is 16.3 Å². The number of anilines is 1. The molecule has 1 aromatic carbocycles. The van der Waals surface area contributed by atoms with Crippen molar-refractivity contribution in [2.75, 3.05) is 12.4 Å². The van der Waals surface area contributed by atoms with E-state index in [4.69, 9.17) is 20.8 Å². The van der Waals surface area contributed by atoms with Crippen LogP contribution in [0.4, 0.5) is 5.69 Å². The number of fused-ring (bicyclic) bond motifs is 1. The number of halogens is 1. The highest BCUT2D eigenvalue weighted by molar-refractivity contribution is 6.31. The Labute approximate surface area is 128 Å². The molecule has 0 saturated heterocycles. The van der Waals surface area contributed by atoms with Crippen LogP contribution in [0.5, 0.6) is 0 Å². The highest BCUT2D eigenvalue weighted by Crippen LogP contribution is 2.34. The molecular weight excluding hydrogens is 290 g/mol. The van der Waals surface area contributed by atoms with Crippen molar-refractivity contribution in [3.05, 3.63) is 52.4 Å². The molecule has 1 N–H and O–H groups in total. The van der Waals surface area contributed by atoms with Gasteiger partial charge in [0.1, 0.15) is 5.76 Å². The third kappa shape index (κ3) is 2.76. The average molecular weight is 306 g/mol. The van der Waals surface area contributed by atoms with Crippen molar-refractivity contribution in [2.45, 2.75) is 25.3 Å². The van der Waals surface area contributed by atoms with E-state index in [1.54, 1.807) is 24.5 Å². The quantitative estimate of drug-likeness (QED) is 0.863. The van der Waals surface area contributed by atoms with Crippen molar-refractivity contribution in [3.63, 3.8) is 0 Å². The molecule has 0 bridgehead atoms. The maximum absolute atomic E-state index is 11.9. The second kappa shape index (κ2) is 5.82. The minimum Gasteiger partial charge on any atom is -0.469 e. The fourth-order valence-corrected chi connectivity index (χ4v) is 2.92. The van der Waals surface area contributed by atoms with E-state index in [9.17, 15) is 4.79 Å². The number of benzene rings is 1. The van der Waals surface area contributed by atoms with Gasteiger partial charge in [0, 0.05) is 17.0 Å². The molecule has 1 heterocycles. The smallest absolute Gasteiger partial charge is 0.339 e. The minimum absolute atomic E-state index is 0.120. The summed E-state index contributed by atoms with van der Waals surface area (Å²) in [5.41, 5.74) is 2.32. The third-order valence-corrected chi connectivity index (χ3v) is 4.00.